The maximum Gasteiger partial charge on any atom is 0.338 e. The van der Waals surface area contributed by atoms with Crippen LogP contribution in [-0.4, -0.2) is 117 Å². The summed E-state index contributed by atoms with van der Waals surface area (Å²) < 4.78 is 46.9. The van der Waals surface area contributed by atoms with Gasteiger partial charge in [-0.25, -0.2) is 9.59 Å². The molecule has 76 heavy (non-hydrogen) atoms. The van der Waals surface area contributed by atoms with Crippen LogP contribution in [0.1, 0.15) is 128 Å². The van der Waals surface area contributed by atoms with Crippen LogP contribution in [0.2, 0.25) is 36.3 Å². The second kappa shape index (κ2) is 21.8. The zero-order valence-corrected chi connectivity index (χ0v) is 48.6. The Morgan fingerprint density at radius 2 is 1.43 bits per heavy atom. The fraction of sp³-hybridized carbons (Fsp3) is 0.569. The minimum Gasteiger partial charge on any atom is -0.456 e. The Bertz CT molecular complexity index is 2680. The molecular formula is C58H78N2O14Si2. The van der Waals surface area contributed by atoms with Gasteiger partial charge in [-0.2, -0.15) is 0 Å². The number of nitrogens with one attached hydrogen (secondary N) is 1. The molecule has 2 aromatic carbocycles. The van der Waals surface area contributed by atoms with Gasteiger partial charge in [-0.3, -0.25) is 24.2 Å². The Kier molecular flexibility index (Phi) is 16.7. The fourth-order valence-electron chi connectivity index (χ4n) is 12.1. The summed E-state index contributed by atoms with van der Waals surface area (Å²) in [6.07, 6.45) is -7.15. The van der Waals surface area contributed by atoms with Crippen LogP contribution in [-0.2, 0) is 51.7 Å². The van der Waals surface area contributed by atoms with Crippen molar-refractivity contribution in [3.05, 3.63) is 113 Å². The Morgan fingerprint density at radius 1 is 0.842 bits per heavy atom. The number of rotatable bonds is 17. The lowest BCUT2D eigenvalue weighted by Gasteiger charge is -2.68. The molecule has 0 radical (unpaired) electrons. The lowest BCUT2D eigenvalue weighted by molar-refractivity contribution is -0.344. The Labute approximate surface area is 449 Å². The van der Waals surface area contributed by atoms with E-state index in [1.807, 2.05) is 33.9 Å². The van der Waals surface area contributed by atoms with E-state index in [2.05, 4.69) is 31.1 Å². The molecule has 2 saturated carbocycles. The molecule has 3 fully saturated rings. The van der Waals surface area contributed by atoms with Crippen LogP contribution in [0, 0.1) is 16.7 Å². The average molecular weight is 1080 g/mol. The van der Waals surface area contributed by atoms with Gasteiger partial charge in [0.15, 0.2) is 40.2 Å². The van der Waals surface area contributed by atoms with E-state index >= 15 is 9.59 Å². The topological polar surface area (TPSA) is 212 Å². The molecule has 412 valence electrons. The van der Waals surface area contributed by atoms with Crippen molar-refractivity contribution in [3.8, 4) is 0 Å². The summed E-state index contributed by atoms with van der Waals surface area (Å²) in [6.45, 7) is 25.0. The molecule has 11 atom stereocenters. The molecule has 2 heterocycles. The van der Waals surface area contributed by atoms with Gasteiger partial charge in [0.2, 0.25) is 0 Å². The van der Waals surface area contributed by atoms with Crippen LogP contribution in [0.4, 0.5) is 0 Å². The molecule has 4 aliphatic rings. The molecule has 3 aliphatic carbocycles. The number of nitrogens with zero attached hydrogens (tertiary/aromatic N) is 1. The number of pyridine rings is 1. The van der Waals surface area contributed by atoms with Crippen molar-refractivity contribution < 1.29 is 66.4 Å². The lowest BCUT2D eigenvalue weighted by atomic mass is 9.44. The summed E-state index contributed by atoms with van der Waals surface area (Å²) >= 11 is 0. The first-order valence-electron chi connectivity index (χ1n) is 26.6. The molecule has 18 heteroatoms. The first kappa shape index (κ1) is 58.3. The van der Waals surface area contributed by atoms with Crippen LogP contribution in [0.25, 0.3) is 0 Å². The van der Waals surface area contributed by atoms with Gasteiger partial charge in [0.05, 0.1) is 35.3 Å². The number of hydrogen-bond acceptors (Lipinski definition) is 15. The number of Topliss-reactive ketones (excluding diaryl/α,β-unsaturated/α-hetero) is 1. The Hall–Kier alpha value is -5.38. The van der Waals surface area contributed by atoms with E-state index in [9.17, 15) is 24.3 Å². The summed E-state index contributed by atoms with van der Waals surface area (Å²) in [5.74, 6) is -5.89. The molecule has 2 bridgehead atoms. The quantitative estimate of drug-likeness (QED) is 0.0558. The van der Waals surface area contributed by atoms with Gasteiger partial charge >= 0.3 is 23.9 Å². The van der Waals surface area contributed by atoms with Crippen molar-refractivity contribution in [2.24, 2.45) is 16.7 Å². The molecule has 1 saturated heterocycles. The number of ketones is 1. The molecule has 1 aliphatic heterocycles. The van der Waals surface area contributed by atoms with Gasteiger partial charge in [0.25, 0.3) is 5.91 Å². The molecule has 0 spiro atoms. The third kappa shape index (κ3) is 10.4. The first-order chi connectivity index (χ1) is 35.6. The number of hydrogen-bond donors (Lipinski definition) is 2. The third-order valence-electron chi connectivity index (χ3n) is 17.8. The number of amides is 1. The SMILES string of the molecule is CC[Si](CC)(CC)O[C@H]1C[C@H]2OC[C@@]2(OC(C)=O)[C@H]2[C@H](OC(=O)c3ccccc3)[C@]3(O)C[C@H](OC(=O)[C@H](O[Si](C)(C)C(C)(C)C)[C@@H](NC(=O)c4ccccc4)c4ccccn4)C(C)=C([C@@H](OC(C)=O)C(=O)[C@]12C)C3(C)C. The van der Waals surface area contributed by atoms with Crippen molar-refractivity contribution in [2.45, 2.75) is 186 Å². The van der Waals surface area contributed by atoms with Crippen molar-refractivity contribution >= 4 is 52.2 Å². The average Bonchev–Trinajstić information content (AvgIpc) is 3.54. The van der Waals surface area contributed by atoms with Gasteiger partial charge in [0, 0.05) is 43.9 Å². The number of ether oxygens (including phenoxy) is 5. The smallest absolute Gasteiger partial charge is 0.338 e. The molecule has 1 amide bonds. The number of carbonyl (C=O) groups excluding carboxylic acids is 6. The maximum absolute atomic E-state index is 16.6. The third-order valence-corrected chi connectivity index (χ3v) is 26.9. The molecular weight excluding hydrogens is 1000 g/mol. The predicted octanol–water partition coefficient (Wildman–Crippen LogP) is 9.19. The Balaban J connectivity index is 1.49. The largest absolute Gasteiger partial charge is 0.456 e. The molecule has 0 unspecified atom stereocenters. The van der Waals surface area contributed by atoms with Crippen molar-refractivity contribution in [2.75, 3.05) is 6.61 Å². The summed E-state index contributed by atoms with van der Waals surface area (Å²) in [6, 6.07) is 22.7. The standard InChI is InChI=1S/C58H78N2O14Si2/c1-15-76(16-2,17-3)73-42-32-43-57(34-68-43,72-37(6)62)48-50(71-52(65)39-28-22-19-23-29-39)58(67)33-41(35(4)44(55(58,10)11)46(69-36(5)61)49(63)56(42,48)12)70-53(66)47(74-75(13,14)54(7,8)9)45(40-30-24-25-31-59-40)60-51(64)38-26-20-18-21-27-38/h18-31,41-43,45-48,50,67H,15-17,32-34H2,1-14H3,(H,60,64)/t41-,42-,43+,45-,46+,47+,48-,50-,56+,57-,58+/m0/s1. The molecule has 2 N–H and O–H groups in total. The Morgan fingerprint density at radius 3 is 1.95 bits per heavy atom. The van der Waals surface area contributed by atoms with Gasteiger partial charge in [-0.05, 0) is 97.7 Å². The number of benzene rings is 2. The first-order valence-corrected chi connectivity index (χ1v) is 32.1. The zero-order valence-electron chi connectivity index (χ0n) is 46.6. The fourth-order valence-corrected chi connectivity index (χ4v) is 16.3. The number of fused-ring (bicyclic) bond motifs is 5. The second-order valence-electron chi connectivity index (χ2n) is 23.4. The van der Waals surface area contributed by atoms with E-state index in [0.29, 0.717) is 35.0 Å². The highest BCUT2D eigenvalue weighted by molar-refractivity contribution is 6.74. The van der Waals surface area contributed by atoms with E-state index in [4.69, 9.17) is 32.5 Å². The van der Waals surface area contributed by atoms with Crippen LogP contribution in [0.3, 0.4) is 0 Å². The van der Waals surface area contributed by atoms with Crippen LogP contribution >= 0.6 is 0 Å². The highest BCUT2D eigenvalue weighted by atomic mass is 28.4. The van der Waals surface area contributed by atoms with Crippen LogP contribution in [0.15, 0.2) is 96.2 Å². The van der Waals surface area contributed by atoms with Crippen molar-refractivity contribution in [3.63, 3.8) is 0 Å². The minimum atomic E-state index is -2.97. The highest BCUT2D eigenvalue weighted by Gasteiger charge is 2.79. The van der Waals surface area contributed by atoms with E-state index < -0.39 is 134 Å². The van der Waals surface area contributed by atoms with Crippen molar-refractivity contribution in [1.82, 2.24) is 10.3 Å². The van der Waals surface area contributed by atoms with Gasteiger partial charge in [0.1, 0.15) is 30.0 Å². The maximum atomic E-state index is 16.6. The lowest BCUT2D eigenvalue weighted by Crippen LogP contribution is -2.82. The van der Waals surface area contributed by atoms with E-state index in [0.717, 1.165) is 0 Å². The number of aromatic nitrogens is 1. The number of aliphatic hydroxyl groups is 1. The predicted molar refractivity (Wildman–Crippen MR) is 288 cm³/mol. The summed E-state index contributed by atoms with van der Waals surface area (Å²) in [5, 5.41) is 17.0. The molecule has 3 aromatic rings. The van der Waals surface area contributed by atoms with Gasteiger partial charge in [-0.15, -0.1) is 0 Å². The minimum absolute atomic E-state index is 0.0842. The zero-order chi connectivity index (χ0) is 56.0. The van der Waals surface area contributed by atoms with E-state index in [-0.39, 0.29) is 24.2 Å². The molecule has 7 rings (SSSR count). The molecule has 1 aromatic heterocycles. The van der Waals surface area contributed by atoms with Crippen LogP contribution in [0.5, 0.6) is 0 Å². The summed E-state index contributed by atoms with van der Waals surface area (Å²) in [5.41, 5.74) is -6.36. The highest BCUT2D eigenvalue weighted by Crippen LogP contribution is 2.65. The van der Waals surface area contributed by atoms with Crippen LogP contribution < -0.4 is 5.32 Å². The molecule has 16 nitrogen and oxygen atoms in total. The van der Waals surface area contributed by atoms with Gasteiger partial charge < -0.3 is 43.0 Å². The normalized spacial score (nSPS) is 28.9. The van der Waals surface area contributed by atoms with Crippen molar-refractivity contribution in [1.29, 1.82) is 0 Å². The summed E-state index contributed by atoms with van der Waals surface area (Å²) in [4.78, 5) is 93.1. The monoisotopic (exact) mass is 1080 g/mol. The number of carbonyl (C=O) groups is 6. The van der Waals surface area contributed by atoms with Gasteiger partial charge in [-0.1, -0.05) is 97.9 Å². The van der Waals surface area contributed by atoms with E-state index in [1.165, 1.54) is 13.8 Å². The summed E-state index contributed by atoms with van der Waals surface area (Å²) in [7, 11) is -5.62. The van der Waals surface area contributed by atoms with E-state index in [1.54, 1.807) is 113 Å². The number of esters is 4. The second-order valence-corrected chi connectivity index (χ2v) is 32.9.